The summed E-state index contributed by atoms with van der Waals surface area (Å²) in [6.07, 6.45) is 0.920. The van der Waals surface area contributed by atoms with Gasteiger partial charge < -0.3 is 9.84 Å². The highest BCUT2D eigenvalue weighted by Crippen LogP contribution is 2.22. The van der Waals surface area contributed by atoms with E-state index < -0.39 is 0 Å². The Labute approximate surface area is 120 Å². The van der Waals surface area contributed by atoms with Gasteiger partial charge in [-0.1, -0.05) is 12.1 Å². The number of aromatic nitrogens is 4. The van der Waals surface area contributed by atoms with E-state index in [-0.39, 0.29) is 0 Å². The van der Waals surface area contributed by atoms with Crippen LogP contribution in [0.1, 0.15) is 37.0 Å². The standard InChI is InChI=1S/C12H18BrN5O/c1-4-9-12(13)10(18(5-2)16-9)6-14-7-11-15-8(3)17-19-11/h14H,4-7H2,1-3H3. The maximum Gasteiger partial charge on any atom is 0.240 e. The van der Waals surface area contributed by atoms with Crippen molar-refractivity contribution in [1.29, 1.82) is 0 Å². The van der Waals surface area contributed by atoms with Gasteiger partial charge >= 0.3 is 0 Å². The lowest BCUT2D eigenvalue weighted by Gasteiger charge is -2.05. The van der Waals surface area contributed by atoms with E-state index in [9.17, 15) is 0 Å². The second-order valence-corrected chi connectivity index (χ2v) is 5.01. The summed E-state index contributed by atoms with van der Waals surface area (Å²) in [4.78, 5) is 4.15. The van der Waals surface area contributed by atoms with Crippen LogP contribution in [0.25, 0.3) is 0 Å². The summed E-state index contributed by atoms with van der Waals surface area (Å²) in [6, 6.07) is 0. The number of rotatable bonds is 6. The van der Waals surface area contributed by atoms with Crippen LogP contribution in [-0.4, -0.2) is 19.9 Å². The van der Waals surface area contributed by atoms with E-state index in [0.717, 1.165) is 28.8 Å². The normalized spacial score (nSPS) is 11.2. The highest BCUT2D eigenvalue weighted by atomic mass is 79.9. The number of halogens is 1. The molecule has 0 bridgehead atoms. The van der Waals surface area contributed by atoms with E-state index in [4.69, 9.17) is 4.52 Å². The maximum absolute atomic E-state index is 5.06. The molecule has 0 aromatic carbocycles. The summed E-state index contributed by atoms with van der Waals surface area (Å²) in [6.45, 7) is 8.13. The number of hydrogen-bond donors (Lipinski definition) is 1. The molecule has 0 atom stereocenters. The molecule has 6 nitrogen and oxygen atoms in total. The monoisotopic (exact) mass is 327 g/mol. The van der Waals surface area contributed by atoms with Gasteiger partial charge in [0.05, 0.1) is 22.4 Å². The fraction of sp³-hybridized carbons (Fsp3) is 0.583. The molecule has 7 heteroatoms. The fourth-order valence-corrected chi connectivity index (χ4v) is 2.59. The van der Waals surface area contributed by atoms with Crippen molar-refractivity contribution in [1.82, 2.24) is 25.2 Å². The van der Waals surface area contributed by atoms with E-state index >= 15 is 0 Å². The molecule has 0 aliphatic heterocycles. The molecule has 0 aliphatic rings. The van der Waals surface area contributed by atoms with E-state index in [2.05, 4.69) is 50.3 Å². The first kappa shape index (κ1) is 14.2. The van der Waals surface area contributed by atoms with Gasteiger partial charge in [-0.2, -0.15) is 10.1 Å². The molecule has 0 amide bonds. The zero-order chi connectivity index (χ0) is 13.8. The molecule has 2 aromatic heterocycles. The fourth-order valence-electron chi connectivity index (χ4n) is 1.89. The first-order valence-electron chi connectivity index (χ1n) is 6.39. The third kappa shape index (κ3) is 3.22. The Bertz CT molecular complexity index is 548. The topological polar surface area (TPSA) is 68.8 Å². The summed E-state index contributed by atoms with van der Waals surface area (Å²) >= 11 is 3.62. The van der Waals surface area contributed by atoms with E-state index in [0.29, 0.717) is 24.8 Å². The minimum Gasteiger partial charge on any atom is -0.338 e. The number of aryl methyl sites for hydroxylation is 3. The van der Waals surface area contributed by atoms with Crippen molar-refractivity contribution in [3.05, 3.63) is 27.6 Å². The Hall–Kier alpha value is -1.21. The number of nitrogens with one attached hydrogen (secondary N) is 1. The van der Waals surface area contributed by atoms with E-state index in [1.807, 2.05) is 11.6 Å². The van der Waals surface area contributed by atoms with Crippen molar-refractivity contribution in [2.45, 2.75) is 46.8 Å². The van der Waals surface area contributed by atoms with Gasteiger partial charge in [0, 0.05) is 13.1 Å². The Morgan fingerprint density at radius 2 is 2.11 bits per heavy atom. The zero-order valence-corrected chi connectivity index (χ0v) is 13.0. The van der Waals surface area contributed by atoms with Gasteiger partial charge in [0.15, 0.2) is 5.82 Å². The molecule has 1 N–H and O–H groups in total. The van der Waals surface area contributed by atoms with Gasteiger partial charge in [-0.25, -0.2) is 0 Å². The molecule has 0 saturated carbocycles. The molecule has 0 saturated heterocycles. The summed E-state index contributed by atoms with van der Waals surface area (Å²) in [5.74, 6) is 1.26. The van der Waals surface area contributed by atoms with Crippen molar-refractivity contribution in [3.63, 3.8) is 0 Å². The molecule has 0 spiro atoms. The van der Waals surface area contributed by atoms with E-state index in [1.165, 1.54) is 0 Å². The molecule has 0 aliphatic carbocycles. The first-order chi connectivity index (χ1) is 9.15. The van der Waals surface area contributed by atoms with Crippen LogP contribution in [0.15, 0.2) is 9.00 Å². The lowest BCUT2D eigenvalue weighted by Crippen LogP contribution is -2.16. The van der Waals surface area contributed by atoms with Crippen LogP contribution in [0.3, 0.4) is 0 Å². The van der Waals surface area contributed by atoms with Gasteiger partial charge in [0.1, 0.15) is 0 Å². The molecular formula is C12H18BrN5O. The van der Waals surface area contributed by atoms with Crippen LogP contribution in [0, 0.1) is 6.92 Å². The molecule has 2 aromatic rings. The van der Waals surface area contributed by atoms with Crippen molar-refractivity contribution in [2.75, 3.05) is 0 Å². The molecule has 0 radical (unpaired) electrons. The molecular weight excluding hydrogens is 310 g/mol. The predicted molar refractivity (Wildman–Crippen MR) is 74.6 cm³/mol. The van der Waals surface area contributed by atoms with Crippen molar-refractivity contribution < 1.29 is 4.52 Å². The first-order valence-corrected chi connectivity index (χ1v) is 7.18. The second-order valence-electron chi connectivity index (χ2n) is 4.22. The average molecular weight is 328 g/mol. The Morgan fingerprint density at radius 3 is 2.68 bits per heavy atom. The SMILES string of the molecule is CCc1nn(CC)c(CNCc2nc(C)no2)c1Br. The van der Waals surface area contributed by atoms with Crippen LogP contribution in [0.2, 0.25) is 0 Å². The highest BCUT2D eigenvalue weighted by Gasteiger charge is 2.13. The summed E-state index contributed by atoms with van der Waals surface area (Å²) in [5.41, 5.74) is 2.24. The Kier molecular flexibility index (Phi) is 4.71. The van der Waals surface area contributed by atoms with Crippen LogP contribution < -0.4 is 5.32 Å². The molecule has 104 valence electrons. The predicted octanol–water partition coefficient (Wildman–Crippen LogP) is 2.21. The van der Waals surface area contributed by atoms with E-state index in [1.54, 1.807) is 0 Å². The summed E-state index contributed by atoms with van der Waals surface area (Å²) in [5, 5.41) is 11.6. The van der Waals surface area contributed by atoms with Crippen molar-refractivity contribution in [2.24, 2.45) is 0 Å². The molecule has 2 rings (SSSR count). The highest BCUT2D eigenvalue weighted by molar-refractivity contribution is 9.10. The summed E-state index contributed by atoms with van der Waals surface area (Å²) < 4.78 is 8.16. The third-order valence-corrected chi connectivity index (χ3v) is 3.75. The minimum atomic E-state index is 0.559. The van der Waals surface area contributed by atoms with Crippen LogP contribution in [0.4, 0.5) is 0 Å². The molecule has 19 heavy (non-hydrogen) atoms. The van der Waals surface area contributed by atoms with Crippen molar-refractivity contribution in [3.8, 4) is 0 Å². The maximum atomic E-state index is 5.06. The lowest BCUT2D eigenvalue weighted by atomic mass is 10.3. The smallest absolute Gasteiger partial charge is 0.240 e. The Balaban J connectivity index is 2.00. The molecule has 2 heterocycles. The second kappa shape index (κ2) is 6.29. The lowest BCUT2D eigenvalue weighted by molar-refractivity contribution is 0.363. The van der Waals surface area contributed by atoms with Gasteiger partial charge in [0.25, 0.3) is 0 Å². The quantitative estimate of drug-likeness (QED) is 0.880. The molecule has 0 unspecified atom stereocenters. The third-order valence-electron chi connectivity index (χ3n) is 2.83. The zero-order valence-electron chi connectivity index (χ0n) is 11.4. The summed E-state index contributed by atoms with van der Waals surface area (Å²) in [7, 11) is 0. The largest absolute Gasteiger partial charge is 0.338 e. The minimum absolute atomic E-state index is 0.559. The molecule has 0 fully saturated rings. The van der Waals surface area contributed by atoms with Crippen LogP contribution in [-0.2, 0) is 26.1 Å². The van der Waals surface area contributed by atoms with Gasteiger partial charge in [-0.3, -0.25) is 4.68 Å². The van der Waals surface area contributed by atoms with Crippen LogP contribution in [0.5, 0.6) is 0 Å². The van der Waals surface area contributed by atoms with Gasteiger partial charge in [-0.05, 0) is 36.2 Å². The number of nitrogens with zero attached hydrogens (tertiary/aromatic N) is 4. The Morgan fingerprint density at radius 1 is 1.32 bits per heavy atom. The van der Waals surface area contributed by atoms with Gasteiger partial charge in [-0.15, -0.1) is 0 Å². The number of hydrogen-bond acceptors (Lipinski definition) is 5. The average Bonchev–Trinajstić information content (AvgIpc) is 2.94. The van der Waals surface area contributed by atoms with Gasteiger partial charge in [0.2, 0.25) is 5.89 Å². The van der Waals surface area contributed by atoms with Crippen molar-refractivity contribution >= 4 is 15.9 Å². The van der Waals surface area contributed by atoms with Crippen LogP contribution >= 0.6 is 15.9 Å².